The quantitative estimate of drug-likeness (QED) is 0.202. The summed E-state index contributed by atoms with van der Waals surface area (Å²) < 4.78 is 0. The van der Waals surface area contributed by atoms with E-state index >= 15 is 0 Å². The number of amides is 2. The molecule has 0 fully saturated rings. The van der Waals surface area contributed by atoms with Crippen LogP contribution in [0.3, 0.4) is 0 Å². The number of aliphatic hydroxyl groups excluding tert-OH is 6. The van der Waals surface area contributed by atoms with Crippen molar-refractivity contribution in [3.05, 3.63) is 29.6 Å². The maximum absolute atomic E-state index is 12.2. The summed E-state index contributed by atoms with van der Waals surface area (Å²) >= 11 is 0. The second kappa shape index (κ2) is 9.52. The first kappa shape index (κ1) is 21.9. The molecule has 0 aliphatic rings. The van der Waals surface area contributed by atoms with Crippen molar-refractivity contribution < 1.29 is 40.2 Å². The molecule has 0 radical (unpaired) electrons. The fourth-order valence-corrected chi connectivity index (χ4v) is 1.83. The van der Waals surface area contributed by atoms with Crippen molar-refractivity contribution in [2.45, 2.75) is 11.1 Å². The smallest absolute Gasteiger partial charge is 0.270 e. The van der Waals surface area contributed by atoms with Crippen molar-refractivity contribution >= 4 is 11.8 Å². The highest BCUT2D eigenvalue weighted by atomic mass is 16.3. The number of aliphatic hydroxyl groups is 6. The molecule has 146 valence electrons. The number of hydrogen-bond acceptors (Lipinski definition) is 9. The second-order valence-electron chi connectivity index (χ2n) is 5.83. The molecular weight excluding hydrogens is 350 g/mol. The Morgan fingerprint density at radius 3 is 1.31 bits per heavy atom. The molecule has 8 N–H and O–H groups in total. The van der Waals surface area contributed by atoms with Gasteiger partial charge in [-0.15, -0.1) is 0 Å². The van der Waals surface area contributed by atoms with E-state index in [2.05, 4.69) is 15.6 Å². The van der Waals surface area contributed by atoms with Crippen LogP contribution in [-0.2, 0) is 0 Å². The molecule has 0 atom stereocenters. The molecule has 0 bridgehead atoms. The van der Waals surface area contributed by atoms with E-state index in [-0.39, 0.29) is 11.4 Å². The fraction of sp³-hybridized carbons (Fsp3) is 0.533. The van der Waals surface area contributed by atoms with Crippen LogP contribution < -0.4 is 10.6 Å². The van der Waals surface area contributed by atoms with Gasteiger partial charge in [-0.25, -0.2) is 4.98 Å². The minimum Gasteiger partial charge on any atom is -0.394 e. The third kappa shape index (κ3) is 4.94. The number of nitrogens with one attached hydrogen (secondary N) is 2. The summed E-state index contributed by atoms with van der Waals surface area (Å²) in [7, 11) is 0. The molecule has 0 spiro atoms. The zero-order valence-electron chi connectivity index (χ0n) is 13.9. The molecule has 11 nitrogen and oxygen atoms in total. The van der Waals surface area contributed by atoms with Gasteiger partial charge in [0.25, 0.3) is 11.8 Å². The number of carbonyl (C=O) groups is 2. The third-order valence-electron chi connectivity index (χ3n) is 3.79. The van der Waals surface area contributed by atoms with Crippen LogP contribution in [0.2, 0.25) is 0 Å². The zero-order chi connectivity index (χ0) is 19.8. The van der Waals surface area contributed by atoms with Crippen molar-refractivity contribution in [2.24, 2.45) is 0 Å². The number of carbonyl (C=O) groups excluding carboxylic acids is 2. The minimum absolute atomic E-state index is 0.236. The zero-order valence-corrected chi connectivity index (χ0v) is 13.9. The van der Waals surface area contributed by atoms with Crippen LogP contribution in [0.15, 0.2) is 18.2 Å². The lowest BCUT2D eigenvalue weighted by molar-refractivity contribution is 0.0367. The first-order valence-corrected chi connectivity index (χ1v) is 7.62. The Balaban J connectivity index is 3.00. The van der Waals surface area contributed by atoms with Crippen molar-refractivity contribution in [3.8, 4) is 0 Å². The molecule has 11 heteroatoms. The highest BCUT2D eigenvalue weighted by Crippen LogP contribution is 2.08. The maximum Gasteiger partial charge on any atom is 0.270 e. The van der Waals surface area contributed by atoms with Crippen molar-refractivity contribution in [3.63, 3.8) is 0 Å². The summed E-state index contributed by atoms with van der Waals surface area (Å²) in [6, 6.07) is 3.87. The molecule has 0 saturated heterocycles. The lowest BCUT2D eigenvalue weighted by Gasteiger charge is -2.29. The first-order chi connectivity index (χ1) is 12.3. The van der Waals surface area contributed by atoms with E-state index in [0.29, 0.717) is 0 Å². The molecule has 0 saturated carbocycles. The van der Waals surface area contributed by atoms with Gasteiger partial charge >= 0.3 is 0 Å². The van der Waals surface area contributed by atoms with Crippen LogP contribution in [0.1, 0.15) is 21.0 Å². The Morgan fingerprint density at radius 2 is 1.04 bits per heavy atom. The van der Waals surface area contributed by atoms with E-state index in [0.717, 1.165) is 0 Å². The van der Waals surface area contributed by atoms with Gasteiger partial charge in [0.1, 0.15) is 22.5 Å². The van der Waals surface area contributed by atoms with Crippen molar-refractivity contribution in [2.75, 3.05) is 39.6 Å². The lowest BCUT2D eigenvalue weighted by Crippen LogP contribution is -2.57. The summed E-state index contributed by atoms with van der Waals surface area (Å²) in [4.78, 5) is 28.2. The number of nitrogens with zero attached hydrogens (tertiary/aromatic N) is 1. The monoisotopic (exact) mass is 373 g/mol. The Bertz CT molecular complexity index is 551. The van der Waals surface area contributed by atoms with Gasteiger partial charge in [-0.3, -0.25) is 9.59 Å². The summed E-state index contributed by atoms with van der Waals surface area (Å²) in [5, 5.41) is 59.9. The number of hydrogen-bond donors (Lipinski definition) is 8. The topological polar surface area (TPSA) is 192 Å². The number of aromatic nitrogens is 1. The van der Waals surface area contributed by atoms with E-state index in [9.17, 15) is 40.2 Å². The Hall–Kier alpha value is -2.15. The minimum atomic E-state index is -1.66. The van der Waals surface area contributed by atoms with Crippen LogP contribution >= 0.6 is 0 Å². The Kier molecular flexibility index (Phi) is 8.02. The van der Waals surface area contributed by atoms with Crippen LogP contribution in [0.4, 0.5) is 0 Å². The fourth-order valence-electron chi connectivity index (χ4n) is 1.83. The second-order valence-corrected chi connectivity index (χ2v) is 5.83. The van der Waals surface area contributed by atoms with E-state index in [1.807, 2.05) is 0 Å². The lowest BCUT2D eigenvalue weighted by atomic mass is 10.0. The standard InChI is InChI=1S/C15H23N3O8/c19-4-14(5-20,6-21)17-12(25)10-2-1-3-11(16-10)13(26)18-15(7-22,8-23)9-24/h1-3,19-24H,4-9H2,(H,17,25)(H,18,26). The largest absolute Gasteiger partial charge is 0.394 e. The van der Waals surface area contributed by atoms with Gasteiger partial charge in [0.05, 0.1) is 39.6 Å². The van der Waals surface area contributed by atoms with E-state index in [1.165, 1.54) is 18.2 Å². The molecule has 0 unspecified atom stereocenters. The predicted molar refractivity (Wildman–Crippen MR) is 87.1 cm³/mol. The predicted octanol–water partition coefficient (Wildman–Crippen LogP) is -4.03. The highest BCUT2D eigenvalue weighted by molar-refractivity contribution is 5.96. The molecule has 1 heterocycles. The van der Waals surface area contributed by atoms with Gasteiger partial charge in [-0.2, -0.15) is 0 Å². The molecule has 0 aromatic carbocycles. The molecular formula is C15H23N3O8. The SMILES string of the molecule is O=C(NC(CO)(CO)CO)c1cccc(C(=O)NC(CO)(CO)CO)n1. The Labute approximate surface area is 148 Å². The van der Waals surface area contributed by atoms with Crippen LogP contribution in [-0.4, -0.2) is 98.2 Å². The van der Waals surface area contributed by atoms with Crippen molar-refractivity contribution in [1.82, 2.24) is 15.6 Å². The highest BCUT2D eigenvalue weighted by Gasteiger charge is 2.32. The average molecular weight is 373 g/mol. The maximum atomic E-state index is 12.2. The van der Waals surface area contributed by atoms with Crippen LogP contribution in [0, 0.1) is 0 Å². The van der Waals surface area contributed by atoms with Crippen LogP contribution in [0.25, 0.3) is 0 Å². The Morgan fingerprint density at radius 1 is 0.731 bits per heavy atom. The molecule has 1 rings (SSSR count). The van der Waals surface area contributed by atoms with Gasteiger partial charge < -0.3 is 41.3 Å². The molecule has 0 aliphatic carbocycles. The summed E-state index contributed by atoms with van der Waals surface area (Å²) in [5.74, 6) is -1.70. The number of pyridine rings is 1. The van der Waals surface area contributed by atoms with Gasteiger partial charge in [-0.05, 0) is 12.1 Å². The van der Waals surface area contributed by atoms with Gasteiger partial charge in [0.15, 0.2) is 0 Å². The molecule has 1 aromatic rings. The van der Waals surface area contributed by atoms with Gasteiger partial charge in [0.2, 0.25) is 0 Å². The summed E-state index contributed by atoms with van der Waals surface area (Å²) in [5.41, 5.74) is -3.78. The van der Waals surface area contributed by atoms with Crippen molar-refractivity contribution in [1.29, 1.82) is 0 Å². The normalized spacial score (nSPS) is 11.9. The summed E-state index contributed by atoms with van der Waals surface area (Å²) in [6.45, 7) is -4.35. The number of rotatable bonds is 10. The molecule has 2 amide bonds. The van der Waals surface area contributed by atoms with E-state index in [4.69, 9.17) is 0 Å². The average Bonchev–Trinajstić information content (AvgIpc) is 2.70. The van der Waals surface area contributed by atoms with Gasteiger partial charge in [-0.1, -0.05) is 6.07 Å². The molecule has 0 aliphatic heterocycles. The van der Waals surface area contributed by atoms with Gasteiger partial charge in [0, 0.05) is 0 Å². The summed E-state index contributed by atoms with van der Waals surface area (Å²) in [6.07, 6.45) is 0. The van der Waals surface area contributed by atoms with Crippen LogP contribution in [0.5, 0.6) is 0 Å². The molecule has 1 aromatic heterocycles. The van der Waals surface area contributed by atoms with E-state index < -0.39 is 62.5 Å². The first-order valence-electron chi connectivity index (χ1n) is 7.62. The molecule has 26 heavy (non-hydrogen) atoms. The third-order valence-corrected chi connectivity index (χ3v) is 3.79. The van der Waals surface area contributed by atoms with E-state index in [1.54, 1.807) is 0 Å².